The maximum Gasteiger partial charge on any atom is 0.178 e. The molecule has 5 rings (SSSR count). The van der Waals surface area contributed by atoms with Gasteiger partial charge >= 0.3 is 0 Å². The van der Waals surface area contributed by atoms with Crippen LogP contribution in [0.15, 0.2) is 46.9 Å². The standard InChI is InChI=1S/C30H44O2S/c1-21(20-33(31,32)23-9-7-6-8-10-23)25-13-14-26-24-12-11-22-19-28(2,3)17-18-29(22,4)27(24)15-16-30(25,26)5/h6-11,21,24-27H,12-20H2,1-5H3/t21-,24+,25-,26+,27+,29+,30-/m1/s1. The van der Waals surface area contributed by atoms with Gasteiger partial charge in [0.05, 0.1) is 10.6 Å². The summed E-state index contributed by atoms with van der Waals surface area (Å²) in [5.74, 6) is 3.39. The van der Waals surface area contributed by atoms with Crippen molar-refractivity contribution in [3.63, 3.8) is 0 Å². The van der Waals surface area contributed by atoms with Crippen LogP contribution in [0.2, 0.25) is 0 Å². The van der Waals surface area contributed by atoms with Gasteiger partial charge in [0.2, 0.25) is 0 Å². The predicted octanol–water partition coefficient (Wildman–Crippen LogP) is 7.70. The largest absolute Gasteiger partial charge is 0.224 e. The molecule has 4 aliphatic carbocycles. The van der Waals surface area contributed by atoms with Gasteiger partial charge in [0.1, 0.15) is 0 Å². The number of benzene rings is 1. The Balaban J connectivity index is 1.36. The summed E-state index contributed by atoms with van der Waals surface area (Å²) in [7, 11) is -3.23. The smallest absolute Gasteiger partial charge is 0.178 e. The van der Waals surface area contributed by atoms with Gasteiger partial charge in [-0.25, -0.2) is 8.42 Å². The predicted molar refractivity (Wildman–Crippen MR) is 137 cm³/mol. The second kappa shape index (κ2) is 7.97. The quantitative estimate of drug-likeness (QED) is 0.424. The minimum Gasteiger partial charge on any atom is -0.224 e. The molecule has 4 aliphatic rings. The van der Waals surface area contributed by atoms with Crippen molar-refractivity contribution in [2.75, 3.05) is 5.75 Å². The maximum absolute atomic E-state index is 13.1. The van der Waals surface area contributed by atoms with Crippen LogP contribution in [0, 0.1) is 45.8 Å². The lowest BCUT2D eigenvalue weighted by Gasteiger charge is -2.59. The highest BCUT2D eigenvalue weighted by atomic mass is 32.2. The lowest BCUT2D eigenvalue weighted by molar-refractivity contribution is -0.0543. The molecule has 1 aromatic carbocycles. The molecule has 0 aliphatic heterocycles. The molecule has 7 atom stereocenters. The molecule has 33 heavy (non-hydrogen) atoms. The van der Waals surface area contributed by atoms with Crippen LogP contribution >= 0.6 is 0 Å². The first-order valence-electron chi connectivity index (χ1n) is 13.4. The Morgan fingerprint density at radius 3 is 2.39 bits per heavy atom. The number of hydrogen-bond donors (Lipinski definition) is 0. The lowest BCUT2D eigenvalue weighted by Crippen LogP contribution is -2.51. The van der Waals surface area contributed by atoms with Crippen LogP contribution in [0.4, 0.5) is 0 Å². The summed E-state index contributed by atoms with van der Waals surface area (Å²) in [4.78, 5) is 0.485. The van der Waals surface area contributed by atoms with Crippen molar-refractivity contribution in [2.45, 2.75) is 90.9 Å². The summed E-state index contributed by atoms with van der Waals surface area (Å²) in [5, 5.41) is 0. The van der Waals surface area contributed by atoms with E-state index in [1.807, 2.05) is 18.2 Å². The van der Waals surface area contributed by atoms with Gasteiger partial charge in [0, 0.05) is 0 Å². The van der Waals surface area contributed by atoms with Crippen molar-refractivity contribution in [2.24, 2.45) is 45.8 Å². The topological polar surface area (TPSA) is 34.1 Å². The van der Waals surface area contributed by atoms with E-state index in [1.165, 1.54) is 51.4 Å². The zero-order chi connectivity index (χ0) is 23.6. The Hall–Kier alpha value is -1.09. The first-order valence-corrected chi connectivity index (χ1v) is 15.1. The maximum atomic E-state index is 13.1. The summed E-state index contributed by atoms with van der Waals surface area (Å²) in [6.07, 6.45) is 13.0. The monoisotopic (exact) mass is 468 g/mol. The summed E-state index contributed by atoms with van der Waals surface area (Å²) < 4.78 is 26.3. The van der Waals surface area contributed by atoms with Crippen LogP contribution in [0.1, 0.15) is 86.0 Å². The molecule has 0 aromatic heterocycles. The molecule has 0 radical (unpaired) electrons. The van der Waals surface area contributed by atoms with Gasteiger partial charge < -0.3 is 0 Å². The number of hydrogen-bond acceptors (Lipinski definition) is 2. The van der Waals surface area contributed by atoms with Gasteiger partial charge in [-0.2, -0.15) is 0 Å². The molecule has 0 amide bonds. The number of allylic oxidation sites excluding steroid dienone is 2. The summed E-state index contributed by atoms with van der Waals surface area (Å²) in [5.41, 5.74) is 2.92. The molecule has 0 bridgehead atoms. The van der Waals surface area contributed by atoms with Crippen molar-refractivity contribution < 1.29 is 8.42 Å². The van der Waals surface area contributed by atoms with E-state index in [2.05, 4.69) is 40.7 Å². The minimum atomic E-state index is -3.23. The average molecular weight is 469 g/mol. The molecule has 2 nitrogen and oxygen atoms in total. The molecule has 0 saturated heterocycles. The van der Waals surface area contributed by atoms with E-state index in [0.717, 1.165) is 17.8 Å². The molecule has 182 valence electrons. The fourth-order valence-electron chi connectivity index (χ4n) is 9.14. The molecule has 0 unspecified atom stereocenters. The lowest BCUT2D eigenvalue weighted by atomic mass is 9.45. The Morgan fingerprint density at radius 2 is 1.67 bits per heavy atom. The Bertz CT molecular complexity index is 1020. The molecular formula is C30H44O2S. The molecule has 0 N–H and O–H groups in total. The Labute approximate surface area is 202 Å². The van der Waals surface area contributed by atoms with E-state index in [-0.39, 0.29) is 11.7 Å². The first kappa shape index (κ1) is 23.6. The van der Waals surface area contributed by atoms with Gasteiger partial charge in [-0.05, 0) is 109 Å². The van der Waals surface area contributed by atoms with Gasteiger partial charge in [-0.1, -0.05) is 64.5 Å². The number of fused-ring (bicyclic) bond motifs is 5. The van der Waals surface area contributed by atoms with Crippen LogP contribution in [-0.4, -0.2) is 14.2 Å². The zero-order valence-electron chi connectivity index (χ0n) is 21.4. The third kappa shape index (κ3) is 3.85. The van der Waals surface area contributed by atoms with Crippen LogP contribution in [0.3, 0.4) is 0 Å². The van der Waals surface area contributed by atoms with E-state index in [0.29, 0.717) is 27.1 Å². The normalized spacial score (nSPS) is 40.8. The van der Waals surface area contributed by atoms with Gasteiger partial charge in [0.25, 0.3) is 0 Å². The van der Waals surface area contributed by atoms with Crippen molar-refractivity contribution in [1.82, 2.24) is 0 Å². The second-order valence-corrected chi connectivity index (χ2v) is 15.4. The van der Waals surface area contributed by atoms with Crippen molar-refractivity contribution in [1.29, 1.82) is 0 Å². The Kier molecular flexibility index (Phi) is 5.71. The molecule has 3 saturated carbocycles. The fraction of sp³-hybridized carbons (Fsp3) is 0.733. The van der Waals surface area contributed by atoms with E-state index in [1.54, 1.807) is 17.7 Å². The fourth-order valence-corrected chi connectivity index (χ4v) is 10.8. The van der Waals surface area contributed by atoms with Crippen LogP contribution < -0.4 is 0 Å². The Morgan fingerprint density at radius 1 is 0.939 bits per heavy atom. The van der Waals surface area contributed by atoms with Gasteiger partial charge in [-0.15, -0.1) is 0 Å². The van der Waals surface area contributed by atoms with E-state index in [4.69, 9.17) is 0 Å². The second-order valence-electron chi connectivity index (χ2n) is 13.4. The highest BCUT2D eigenvalue weighted by Crippen LogP contribution is 2.68. The third-order valence-electron chi connectivity index (χ3n) is 11.0. The van der Waals surface area contributed by atoms with Gasteiger partial charge in [0.15, 0.2) is 9.84 Å². The molecular weight excluding hydrogens is 424 g/mol. The van der Waals surface area contributed by atoms with Crippen LogP contribution in [0.25, 0.3) is 0 Å². The SMILES string of the molecule is C[C@H](CS(=O)(=O)c1ccccc1)[C@H]1CC[C@H]2[C@@H]3CC=C4CC(C)(C)CC[C@]4(C)[C@H]3CC[C@]12C. The third-order valence-corrected chi connectivity index (χ3v) is 12.9. The molecule has 0 heterocycles. The van der Waals surface area contributed by atoms with E-state index in [9.17, 15) is 8.42 Å². The van der Waals surface area contributed by atoms with Crippen LogP contribution in [0.5, 0.6) is 0 Å². The molecule has 3 fully saturated rings. The van der Waals surface area contributed by atoms with Gasteiger partial charge in [-0.3, -0.25) is 0 Å². The number of rotatable bonds is 4. The summed E-state index contributed by atoms with van der Waals surface area (Å²) in [6.45, 7) is 12.2. The zero-order valence-corrected chi connectivity index (χ0v) is 22.3. The molecule has 1 aromatic rings. The molecule has 3 heteroatoms. The molecule has 0 spiro atoms. The summed E-state index contributed by atoms with van der Waals surface area (Å²) in [6, 6.07) is 9.07. The van der Waals surface area contributed by atoms with Crippen molar-refractivity contribution in [3.05, 3.63) is 42.0 Å². The minimum absolute atomic E-state index is 0.211. The van der Waals surface area contributed by atoms with E-state index < -0.39 is 9.84 Å². The first-order chi connectivity index (χ1) is 15.5. The number of sulfone groups is 1. The van der Waals surface area contributed by atoms with E-state index >= 15 is 0 Å². The highest BCUT2D eigenvalue weighted by molar-refractivity contribution is 7.91. The highest BCUT2D eigenvalue weighted by Gasteiger charge is 2.59. The van der Waals surface area contributed by atoms with Crippen molar-refractivity contribution in [3.8, 4) is 0 Å². The van der Waals surface area contributed by atoms with Crippen molar-refractivity contribution >= 4 is 9.84 Å². The van der Waals surface area contributed by atoms with Crippen LogP contribution in [-0.2, 0) is 9.84 Å². The summed E-state index contributed by atoms with van der Waals surface area (Å²) >= 11 is 0. The average Bonchev–Trinajstić information content (AvgIpc) is 3.12.